The molecule has 110 valence electrons. The fourth-order valence-electron chi connectivity index (χ4n) is 2.75. The van der Waals surface area contributed by atoms with Crippen LogP contribution in [0.15, 0.2) is 54.6 Å². The maximum atomic E-state index is 12.0. The molecule has 0 unspecified atom stereocenters. The molecule has 4 heteroatoms. The van der Waals surface area contributed by atoms with Crippen molar-refractivity contribution in [3.63, 3.8) is 0 Å². The summed E-state index contributed by atoms with van der Waals surface area (Å²) in [6.07, 6.45) is 0.816. The van der Waals surface area contributed by atoms with Crippen LogP contribution in [0.5, 0.6) is 0 Å². The Kier molecular flexibility index (Phi) is 3.87. The van der Waals surface area contributed by atoms with Crippen LogP contribution in [0, 0.1) is 11.3 Å². The number of hydrogen-bond acceptors (Lipinski definition) is 3. The molecule has 0 spiro atoms. The van der Waals surface area contributed by atoms with Crippen molar-refractivity contribution < 1.29 is 9.53 Å². The summed E-state index contributed by atoms with van der Waals surface area (Å²) >= 11 is 5.88. The minimum Gasteiger partial charge on any atom is -0.459 e. The first-order valence-corrected chi connectivity index (χ1v) is 7.44. The Morgan fingerprint density at radius 3 is 2.36 bits per heavy atom. The molecule has 2 aromatic rings. The van der Waals surface area contributed by atoms with Crippen LogP contribution in [0.2, 0.25) is 5.02 Å². The average molecular weight is 312 g/mol. The van der Waals surface area contributed by atoms with Gasteiger partial charge in [-0.05, 0) is 29.8 Å². The summed E-state index contributed by atoms with van der Waals surface area (Å²) in [5, 5.41) is 10.1. The van der Waals surface area contributed by atoms with Gasteiger partial charge in [0.25, 0.3) is 0 Å². The Hall–Kier alpha value is -2.31. The molecule has 0 heterocycles. The molecule has 0 aliphatic heterocycles. The minimum atomic E-state index is -0.577. The van der Waals surface area contributed by atoms with Crippen LogP contribution in [-0.4, -0.2) is 12.1 Å². The number of carbonyl (C=O) groups is 1. The van der Waals surface area contributed by atoms with Crippen molar-refractivity contribution in [1.29, 1.82) is 5.26 Å². The molecule has 0 atom stereocenters. The number of benzene rings is 2. The van der Waals surface area contributed by atoms with Crippen molar-refractivity contribution in [2.45, 2.75) is 24.4 Å². The Bertz CT molecular complexity index is 713. The summed E-state index contributed by atoms with van der Waals surface area (Å²) < 4.78 is 5.46. The molecular weight excluding hydrogens is 298 g/mol. The molecule has 3 rings (SSSR count). The van der Waals surface area contributed by atoms with Crippen LogP contribution in [0.4, 0.5) is 0 Å². The van der Waals surface area contributed by atoms with Gasteiger partial charge in [0.15, 0.2) is 0 Å². The van der Waals surface area contributed by atoms with Crippen LogP contribution in [-0.2, 0) is 10.2 Å². The summed E-state index contributed by atoms with van der Waals surface area (Å²) in [6, 6.07) is 18.5. The molecule has 2 aromatic carbocycles. The third-order valence-corrected chi connectivity index (χ3v) is 4.30. The van der Waals surface area contributed by atoms with Gasteiger partial charge < -0.3 is 4.74 Å². The van der Waals surface area contributed by atoms with E-state index in [0.717, 1.165) is 5.56 Å². The Morgan fingerprint density at radius 1 is 1.14 bits per heavy atom. The zero-order valence-corrected chi connectivity index (χ0v) is 12.6. The minimum absolute atomic E-state index is 0.219. The number of ether oxygens (including phenoxy) is 1. The standard InChI is InChI=1S/C18H14ClNO2/c19-15-8-6-14(7-9-15)18(12-20)10-16(11-18)22-17(21)13-4-2-1-3-5-13/h1-9,16H,10-11H2. The summed E-state index contributed by atoms with van der Waals surface area (Å²) in [7, 11) is 0. The van der Waals surface area contributed by atoms with Gasteiger partial charge in [-0.2, -0.15) is 5.26 Å². The third kappa shape index (κ3) is 2.70. The van der Waals surface area contributed by atoms with E-state index in [-0.39, 0.29) is 12.1 Å². The fourth-order valence-corrected chi connectivity index (χ4v) is 2.88. The van der Waals surface area contributed by atoms with Crippen molar-refractivity contribution in [1.82, 2.24) is 0 Å². The van der Waals surface area contributed by atoms with Gasteiger partial charge >= 0.3 is 5.97 Å². The first kappa shape index (κ1) is 14.6. The SMILES string of the molecule is N#CC1(c2ccc(Cl)cc2)CC(OC(=O)c2ccccc2)C1. The van der Waals surface area contributed by atoms with E-state index in [2.05, 4.69) is 6.07 Å². The zero-order chi connectivity index (χ0) is 15.6. The van der Waals surface area contributed by atoms with Crippen molar-refractivity contribution in [2.75, 3.05) is 0 Å². The van der Waals surface area contributed by atoms with E-state index in [9.17, 15) is 10.1 Å². The van der Waals surface area contributed by atoms with Crippen LogP contribution in [0.3, 0.4) is 0 Å². The molecule has 3 nitrogen and oxygen atoms in total. The van der Waals surface area contributed by atoms with E-state index in [1.807, 2.05) is 18.2 Å². The maximum absolute atomic E-state index is 12.0. The number of rotatable bonds is 3. The molecule has 0 radical (unpaired) electrons. The van der Waals surface area contributed by atoms with E-state index in [1.165, 1.54) is 0 Å². The highest BCUT2D eigenvalue weighted by Crippen LogP contribution is 2.45. The first-order chi connectivity index (χ1) is 10.6. The topological polar surface area (TPSA) is 50.1 Å². The van der Waals surface area contributed by atoms with Crippen LogP contribution < -0.4 is 0 Å². The molecule has 1 aliphatic rings. The highest BCUT2D eigenvalue weighted by atomic mass is 35.5. The van der Waals surface area contributed by atoms with Crippen molar-refractivity contribution in [3.05, 3.63) is 70.7 Å². The van der Waals surface area contributed by atoms with Gasteiger partial charge in [-0.15, -0.1) is 0 Å². The molecule has 0 saturated heterocycles. The van der Waals surface area contributed by atoms with Crippen LogP contribution in [0.25, 0.3) is 0 Å². The molecule has 0 N–H and O–H groups in total. The van der Waals surface area contributed by atoms with Crippen LogP contribution >= 0.6 is 11.6 Å². The molecule has 1 saturated carbocycles. The second-order valence-electron chi connectivity index (χ2n) is 5.50. The largest absolute Gasteiger partial charge is 0.459 e. The second-order valence-corrected chi connectivity index (χ2v) is 5.94. The second kappa shape index (κ2) is 5.82. The van der Waals surface area contributed by atoms with Crippen molar-refractivity contribution in [3.8, 4) is 6.07 Å². The maximum Gasteiger partial charge on any atom is 0.338 e. The average Bonchev–Trinajstić information content (AvgIpc) is 2.52. The summed E-state index contributed by atoms with van der Waals surface area (Å²) in [6.45, 7) is 0. The fraction of sp³-hybridized carbons (Fsp3) is 0.222. The lowest BCUT2D eigenvalue weighted by molar-refractivity contribution is -0.0102. The molecular formula is C18H14ClNO2. The monoisotopic (exact) mass is 311 g/mol. The molecule has 1 fully saturated rings. The van der Waals surface area contributed by atoms with E-state index in [0.29, 0.717) is 23.4 Å². The molecule has 0 bridgehead atoms. The Labute approximate surface area is 134 Å². The quantitative estimate of drug-likeness (QED) is 0.801. The normalized spacial score (nSPS) is 23.2. The van der Waals surface area contributed by atoms with E-state index in [1.54, 1.807) is 36.4 Å². The lowest BCUT2D eigenvalue weighted by atomic mass is 9.63. The van der Waals surface area contributed by atoms with Crippen molar-refractivity contribution in [2.24, 2.45) is 0 Å². The summed E-state index contributed by atoms with van der Waals surface area (Å²) in [5.41, 5.74) is 0.876. The van der Waals surface area contributed by atoms with Gasteiger partial charge in [0.2, 0.25) is 0 Å². The predicted molar refractivity (Wildman–Crippen MR) is 83.6 cm³/mol. The number of nitrogens with zero attached hydrogens (tertiary/aromatic N) is 1. The number of hydrogen-bond donors (Lipinski definition) is 0. The third-order valence-electron chi connectivity index (χ3n) is 4.05. The van der Waals surface area contributed by atoms with Crippen molar-refractivity contribution >= 4 is 17.6 Å². The Morgan fingerprint density at radius 2 is 1.77 bits per heavy atom. The highest BCUT2D eigenvalue weighted by Gasteiger charge is 2.48. The van der Waals surface area contributed by atoms with Gasteiger partial charge in [-0.1, -0.05) is 41.9 Å². The van der Waals surface area contributed by atoms with E-state index >= 15 is 0 Å². The van der Waals surface area contributed by atoms with Gasteiger partial charge in [0.1, 0.15) is 6.10 Å². The molecule has 1 aliphatic carbocycles. The van der Waals surface area contributed by atoms with Gasteiger partial charge in [0.05, 0.1) is 17.0 Å². The first-order valence-electron chi connectivity index (χ1n) is 7.06. The molecule has 22 heavy (non-hydrogen) atoms. The molecule has 0 amide bonds. The van der Waals surface area contributed by atoms with Gasteiger partial charge in [0, 0.05) is 17.9 Å². The lowest BCUT2D eigenvalue weighted by Crippen LogP contribution is -2.45. The van der Waals surface area contributed by atoms with E-state index < -0.39 is 5.41 Å². The summed E-state index contributed by atoms with van der Waals surface area (Å²) in [4.78, 5) is 12.0. The Balaban J connectivity index is 1.66. The van der Waals surface area contributed by atoms with Gasteiger partial charge in [-0.3, -0.25) is 0 Å². The number of nitriles is 1. The smallest absolute Gasteiger partial charge is 0.338 e. The zero-order valence-electron chi connectivity index (χ0n) is 11.8. The van der Waals surface area contributed by atoms with Gasteiger partial charge in [-0.25, -0.2) is 4.79 Å². The lowest BCUT2D eigenvalue weighted by Gasteiger charge is -2.42. The number of halogens is 1. The number of carbonyl (C=O) groups excluding carboxylic acids is 1. The highest BCUT2D eigenvalue weighted by molar-refractivity contribution is 6.30. The van der Waals surface area contributed by atoms with E-state index in [4.69, 9.17) is 16.3 Å². The summed E-state index contributed by atoms with van der Waals surface area (Å²) in [5.74, 6) is -0.340. The number of esters is 1. The molecule has 0 aromatic heterocycles. The van der Waals surface area contributed by atoms with Crippen LogP contribution in [0.1, 0.15) is 28.8 Å². The predicted octanol–water partition coefficient (Wildman–Crippen LogP) is 4.12.